The third-order valence-electron chi connectivity index (χ3n) is 13.3. The van der Waals surface area contributed by atoms with E-state index >= 15 is 0 Å². The number of hydrogen-bond donors (Lipinski definition) is 0. The summed E-state index contributed by atoms with van der Waals surface area (Å²) in [4.78, 5) is 2.51. The van der Waals surface area contributed by atoms with E-state index in [1.54, 1.807) is 11.1 Å². The van der Waals surface area contributed by atoms with Crippen LogP contribution in [0, 0.1) is 23.7 Å². The fourth-order valence-corrected chi connectivity index (χ4v) is 11.5. The van der Waals surface area contributed by atoms with Crippen LogP contribution >= 0.6 is 0 Å². The average Bonchev–Trinajstić information content (AvgIpc) is 3.48. The molecule has 0 radical (unpaired) electrons. The van der Waals surface area contributed by atoms with E-state index < -0.39 is 0 Å². The van der Waals surface area contributed by atoms with E-state index in [-0.39, 0.29) is 5.41 Å². The van der Waals surface area contributed by atoms with Gasteiger partial charge in [-0.05, 0) is 136 Å². The van der Waals surface area contributed by atoms with Gasteiger partial charge in [0.15, 0.2) is 0 Å². The van der Waals surface area contributed by atoms with E-state index in [0.29, 0.717) is 0 Å². The molecule has 51 heavy (non-hydrogen) atoms. The summed E-state index contributed by atoms with van der Waals surface area (Å²) in [6.45, 7) is 0. The minimum absolute atomic E-state index is 0.171. The lowest BCUT2D eigenvalue weighted by molar-refractivity contribution is -0.0399. The van der Waals surface area contributed by atoms with E-state index in [0.717, 1.165) is 23.7 Å². The normalized spacial score (nSPS) is 23.8. The van der Waals surface area contributed by atoms with Gasteiger partial charge in [-0.25, -0.2) is 0 Å². The van der Waals surface area contributed by atoms with Crippen LogP contribution in [0.1, 0.15) is 43.2 Å². The second-order valence-corrected chi connectivity index (χ2v) is 15.7. The average molecular weight is 656 g/mol. The van der Waals surface area contributed by atoms with Gasteiger partial charge in [-0.2, -0.15) is 0 Å². The molecule has 1 heteroatoms. The van der Waals surface area contributed by atoms with Gasteiger partial charge in [-0.1, -0.05) is 133 Å². The fraction of sp³-hybridized carbons (Fsp3) is 0.200. The lowest BCUT2D eigenvalue weighted by atomic mass is 9.43. The molecule has 1 spiro atoms. The highest BCUT2D eigenvalue weighted by atomic mass is 15.1. The third kappa shape index (κ3) is 4.34. The van der Waals surface area contributed by atoms with E-state index in [2.05, 4.69) is 169 Å². The van der Waals surface area contributed by atoms with Crippen LogP contribution in [-0.2, 0) is 5.41 Å². The van der Waals surface area contributed by atoms with Gasteiger partial charge in [0.1, 0.15) is 0 Å². The molecule has 0 saturated heterocycles. The van der Waals surface area contributed by atoms with Crippen LogP contribution in [0.4, 0.5) is 17.1 Å². The van der Waals surface area contributed by atoms with Crippen LogP contribution in [-0.4, -0.2) is 0 Å². The molecule has 0 amide bonds. The largest absolute Gasteiger partial charge is 0.310 e. The zero-order valence-electron chi connectivity index (χ0n) is 28.9. The predicted octanol–water partition coefficient (Wildman–Crippen LogP) is 13.4. The molecule has 7 aromatic carbocycles. The highest BCUT2D eigenvalue weighted by Gasteiger charge is 2.61. The minimum Gasteiger partial charge on any atom is -0.310 e. The van der Waals surface area contributed by atoms with E-state index in [1.165, 1.54) is 93.3 Å². The Morgan fingerprint density at radius 1 is 0.392 bits per heavy atom. The third-order valence-corrected chi connectivity index (χ3v) is 13.3. The topological polar surface area (TPSA) is 3.24 Å². The van der Waals surface area contributed by atoms with Crippen LogP contribution in [0.25, 0.3) is 44.2 Å². The second kappa shape index (κ2) is 11.3. The molecular formula is C50H41N. The molecule has 7 aromatic rings. The summed E-state index contributed by atoms with van der Waals surface area (Å²) in [7, 11) is 0. The standard InChI is InChI=1S/C50H41N/c1-3-11-35(12-4-1)36-19-21-40(22-20-36)51(49-26-24-42(37-13-5-2-6-14-37)43-15-7-8-17-45(43)49)41-23-25-48-46(32-41)44-16-9-10-18-47(44)50(48)38-28-33-27-34(30-38)31-39(50)29-33/h1-26,32-34,38-39H,27-31H2. The summed E-state index contributed by atoms with van der Waals surface area (Å²) in [6, 6.07) is 61.3. The lowest BCUT2D eigenvalue weighted by Crippen LogP contribution is -2.55. The highest BCUT2D eigenvalue weighted by Crippen LogP contribution is 2.69. The maximum Gasteiger partial charge on any atom is 0.0540 e. The maximum atomic E-state index is 2.55. The SMILES string of the molecule is c1ccc(-c2ccc(N(c3ccc4c(c3)-c3ccccc3C43C4CC5CC(C4)CC3C5)c3ccc(-c4ccccc4)c4ccccc34)cc2)cc1. The fourth-order valence-electron chi connectivity index (χ4n) is 11.5. The summed E-state index contributed by atoms with van der Waals surface area (Å²) in [6.07, 6.45) is 7.10. The Bertz CT molecular complexity index is 2400. The molecule has 4 fully saturated rings. The zero-order valence-corrected chi connectivity index (χ0v) is 28.9. The molecule has 0 atom stereocenters. The van der Waals surface area contributed by atoms with Crippen LogP contribution in [0.15, 0.2) is 164 Å². The van der Waals surface area contributed by atoms with Crippen LogP contribution in [0.5, 0.6) is 0 Å². The maximum absolute atomic E-state index is 2.55. The Morgan fingerprint density at radius 3 is 1.69 bits per heavy atom. The monoisotopic (exact) mass is 655 g/mol. The molecule has 246 valence electrons. The Labute approximate surface area is 301 Å². The van der Waals surface area contributed by atoms with E-state index in [9.17, 15) is 0 Å². The molecule has 12 rings (SSSR count). The first-order valence-electron chi connectivity index (χ1n) is 19.0. The van der Waals surface area contributed by atoms with Crippen LogP contribution in [0.2, 0.25) is 0 Å². The van der Waals surface area contributed by atoms with Gasteiger partial charge in [-0.15, -0.1) is 0 Å². The first-order valence-corrected chi connectivity index (χ1v) is 19.0. The Hall–Kier alpha value is -5.40. The van der Waals surface area contributed by atoms with Gasteiger partial charge in [0.2, 0.25) is 0 Å². The molecule has 4 bridgehead atoms. The molecule has 0 unspecified atom stereocenters. The van der Waals surface area contributed by atoms with E-state index in [4.69, 9.17) is 0 Å². The summed E-state index contributed by atoms with van der Waals surface area (Å²) >= 11 is 0. The summed E-state index contributed by atoms with van der Waals surface area (Å²) in [5.41, 5.74) is 14.9. The van der Waals surface area contributed by atoms with Crippen molar-refractivity contribution in [3.05, 3.63) is 175 Å². The molecule has 5 aliphatic rings. The van der Waals surface area contributed by atoms with Crippen molar-refractivity contribution in [1.29, 1.82) is 0 Å². The smallest absolute Gasteiger partial charge is 0.0540 e. The Kier molecular flexibility index (Phi) is 6.50. The predicted molar refractivity (Wildman–Crippen MR) is 213 cm³/mol. The van der Waals surface area contributed by atoms with E-state index in [1.807, 2.05) is 0 Å². The van der Waals surface area contributed by atoms with Crippen LogP contribution < -0.4 is 4.90 Å². The Morgan fingerprint density at radius 2 is 0.961 bits per heavy atom. The van der Waals surface area contributed by atoms with Gasteiger partial charge in [-0.3, -0.25) is 0 Å². The van der Waals surface area contributed by atoms with Gasteiger partial charge in [0, 0.05) is 22.2 Å². The van der Waals surface area contributed by atoms with Crippen molar-refractivity contribution in [2.45, 2.75) is 37.5 Å². The first-order chi connectivity index (χ1) is 25.3. The summed E-state index contributed by atoms with van der Waals surface area (Å²) in [5.74, 6) is 3.40. The van der Waals surface area contributed by atoms with Crippen molar-refractivity contribution in [2.24, 2.45) is 23.7 Å². The van der Waals surface area contributed by atoms with Gasteiger partial charge >= 0.3 is 0 Å². The van der Waals surface area contributed by atoms with Crippen molar-refractivity contribution in [3.63, 3.8) is 0 Å². The number of nitrogens with zero attached hydrogens (tertiary/aromatic N) is 1. The molecule has 0 aliphatic heterocycles. The van der Waals surface area contributed by atoms with Gasteiger partial charge in [0.25, 0.3) is 0 Å². The number of fused-ring (bicyclic) bond motifs is 4. The molecular weight excluding hydrogens is 615 g/mol. The van der Waals surface area contributed by atoms with Crippen molar-refractivity contribution >= 4 is 27.8 Å². The van der Waals surface area contributed by atoms with Gasteiger partial charge < -0.3 is 4.90 Å². The molecule has 0 N–H and O–H groups in total. The molecule has 0 heterocycles. The van der Waals surface area contributed by atoms with Crippen LogP contribution in [0.3, 0.4) is 0 Å². The lowest BCUT2D eigenvalue weighted by Gasteiger charge is -2.61. The van der Waals surface area contributed by atoms with Crippen molar-refractivity contribution in [3.8, 4) is 33.4 Å². The molecule has 5 aliphatic carbocycles. The van der Waals surface area contributed by atoms with Crippen molar-refractivity contribution in [2.75, 3.05) is 4.90 Å². The number of anilines is 3. The molecule has 4 saturated carbocycles. The Balaban J connectivity index is 1.11. The highest BCUT2D eigenvalue weighted by molar-refractivity contribution is 6.06. The van der Waals surface area contributed by atoms with Crippen molar-refractivity contribution < 1.29 is 0 Å². The number of hydrogen-bond acceptors (Lipinski definition) is 1. The first kappa shape index (κ1) is 29.3. The second-order valence-electron chi connectivity index (χ2n) is 15.7. The summed E-state index contributed by atoms with van der Waals surface area (Å²) in [5, 5.41) is 2.52. The molecule has 0 aromatic heterocycles. The number of rotatable bonds is 5. The van der Waals surface area contributed by atoms with Gasteiger partial charge in [0.05, 0.1) is 5.69 Å². The zero-order chi connectivity index (χ0) is 33.5. The number of benzene rings is 7. The summed E-state index contributed by atoms with van der Waals surface area (Å²) < 4.78 is 0. The minimum atomic E-state index is 0.171. The quantitative estimate of drug-likeness (QED) is 0.178. The van der Waals surface area contributed by atoms with Crippen molar-refractivity contribution in [1.82, 2.24) is 0 Å². The molecule has 1 nitrogen and oxygen atoms in total.